The molecule has 4 atom stereocenters. The Balaban J connectivity index is 2.29. The van der Waals surface area contributed by atoms with Gasteiger partial charge in [-0.05, 0) is 49.4 Å². The fraction of sp³-hybridized carbons (Fsp3) is 0.955. The van der Waals surface area contributed by atoms with Gasteiger partial charge >= 0.3 is 5.97 Å². The maximum absolute atomic E-state index is 13.3. The summed E-state index contributed by atoms with van der Waals surface area (Å²) in [5, 5.41) is 0. The molecule has 2 bridgehead atoms. The Morgan fingerprint density at radius 2 is 1.62 bits per heavy atom. The largest absolute Gasteiger partial charge is 0.458 e. The predicted octanol–water partition coefficient (Wildman–Crippen LogP) is 6.23. The van der Waals surface area contributed by atoms with E-state index in [1.165, 1.54) is 19.3 Å². The van der Waals surface area contributed by atoms with Crippen LogP contribution >= 0.6 is 0 Å². The third kappa shape index (κ3) is 3.03. The quantitative estimate of drug-likeness (QED) is 0.571. The first-order valence-corrected chi connectivity index (χ1v) is 9.76. The van der Waals surface area contributed by atoms with Gasteiger partial charge in [0, 0.05) is 10.8 Å². The lowest BCUT2D eigenvalue weighted by molar-refractivity contribution is -0.202. The van der Waals surface area contributed by atoms with Crippen molar-refractivity contribution in [2.24, 2.45) is 33.5 Å². The van der Waals surface area contributed by atoms with Gasteiger partial charge in [-0.2, -0.15) is 0 Å². The molecule has 0 aromatic heterocycles. The molecular formula is C22H40O2. The Morgan fingerprint density at radius 1 is 1.08 bits per heavy atom. The lowest BCUT2D eigenvalue weighted by atomic mass is 9.61. The highest BCUT2D eigenvalue weighted by atomic mass is 16.6. The summed E-state index contributed by atoms with van der Waals surface area (Å²) in [5.41, 5.74) is -0.141. The molecule has 0 N–H and O–H groups in total. The number of esters is 1. The number of hydrogen-bond donors (Lipinski definition) is 0. The number of ether oxygens (including phenoxy) is 1. The highest BCUT2D eigenvalue weighted by Crippen LogP contribution is 2.69. The van der Waals surface area contributed by atoms with E-state index in [0.717, 1.165) is 6.42 Å². The van der Waals surface area contributed by atoms with E-state index in [2.05, 4.69) is 69.2 Å². The van der Waals surface area contributed by atoms with E-state index in [1.54, 1.807) is 0 Å². The van der Waals surface area contributed by atoms with Crippen molar-refractivity contribution in [3.05, 3.63) is 0 Å². The third-order valence-corrected chi connectivity index (χ3v) is 7.59. The predicted molar refractivity (Wildman–Crippen MR) is 101 cm³/mol. The van der Waals surface area contributed by atoms with Crippen molar-refractivity contribution in [2.45, 2.75) is 101 Å². The standard InChI is InChI=1S/C22H40O2/c1-18(2,3)14-16(19(4,5)6)17(23)24-22(10)20(7,8)15-11-12-21(22,9)13-15/h15-16H,11-14H2,1-10H3. The highest BCUT2D eigenvalue weighted by Gasteiger charge is 2.69. The summed E-state index contributed by atoms with van der Waals surface area (Å²) in [5.74, 6) is 0.630. The summed E-state index contributed by atoms with van der Waals surface area (Å²) < 4.78 is 6.45. The van der Waals surface area contributed by atoms with Crippen LogP contribution in [0.1, 0.15) is 94.9 Å². The molecule has 0 spiro atoms. The minimum Gasteiger partial charge on any atom is -0.458 e. The van der Waals surface area contributed by atoms with Crippen LogP contribution in [0.5, 0.6) is 0 Å². The van der Waals surface area contributed by atoms with Crippen LogP contribution in [0.2, 0.25) is 0 Å². The Labute approximate surface area is 150 Å². The first-order chi connectivity index (χ1) is 10.5. The van der Waals surface area contributed by atoms with Gasteiger partial charge in [-0.1, -0.05) is 62.3 Å². The second-order valence-electron chi connectivity index (χ2n) is 11.9. The van der Waals surface area contributed by atoms with Crippen LogP contribution in [0, 0.1) is 33.5 Å². The Bertz CT molecular complexity index is 498. The van der Waals surface area contributed by atoms with Crippen LogP contribution in [-0.2, 0) is 9.53 Å². The lowest BCUT2D eigenvalue weighted by Crippen LogP contribution is -2.56. The van der Waals surface area contributed by atoms with Crippen LogP contribution in [0.15, 0.2) is 0 Å². The molecule has 24 heavy (non-hydrogen) atoms. The molecule has 0 heterocycles. The molecule has 0 aliphatic heterocycles. The summed E-state index contributed by atoms with van der Waals surface area (Å²) >= 11 is 0. The van der Waals surface area contributed by atoms with Gasteiger partial charge in [0.15, 0.2) is 0 Å². The van der Waals surface area contributed by atoms with Crippen molar-refractivity contribution in [1.29, 1.82) is 0 Å². The van der Waals surface area contributed by atoms with Crippen molar-refractivity contribution in [1.82, 2.24) is 0 Å². The van der Waals surface area contributed by atoms with E-state index < -0.39 is 0 Å². The zero-order valence-electron chi connectivity index (χ0n) is 17.8. The average molecular weight is 337 g/mol. The fourth-order valence-electron chi connectivity index (χ4n) is 5.34. The van der Waals surface area contributed by atoms with Gasteiger partial charge < -0.3 is 4.74 Å². The van der Waals surface area contributed by atoms with Gasteiger partial charge in [-0.25, -0.2) is 0 Å². The molecule has 0 saturated heterocycles. The number of carbonyl (C=O) groups is 1. The highest BCUT2D eigenvalue weighted by molar-refractivity contribution is 5.74. The van der Waals surface area contributed by atoms with Gasteiger partial charge in [-0.15, -0.1) is 0 Å². The first-order valence-electron chi connectivity index (χ1n) is 9.76. The van der Waals surface area contributed by atoms with E-state index in [4.69, 9.17) is 4.74 Å². The van der Waals surface area contributed by atoms with E-state index >= 15 is 0 Å². The molecule has 2 saturated carbocycles. The van der Waals surface area contributed by atoms with E-state index in [1.807, 2.05) is 0 Å². The smallest absolute Gasteiger partial charge is 0.310 e. The molecule has 4 unspecified atom stereocenters. The molecule has 2 fully saturated rings. The summed E-state index contributed by atoms with van der Waals surface area (Å²) in [7, 11) is 0. The monoisotopic (exact) mass is 336 g/mol. The van der Waals surface area contributed by atoms with Gasteiger partial charge in [0.05, 0.1) is 5.92 Å². The number of hydrogen-bond acceptors (Lipinski definition) is 2. The summed E-state index contributed by atoms with van der Waals surface area (Å²) in [6.07, 6.45) is 4.53. The van der Waals surface area contributed by atoms with Crippen molar-refractivity contribution in [3.8, 4) is 0 Å². The molecule has 0 aromatic carbocycles. The molecule has 0 aromatic rings. The van der Waals surface area contributed by atoms with E-state index in [9.17, 15) is 4.79 Å². The minimum atomic E-state index is -0.360. The lowest BCUT2D eigenvalue weighted by Gasteiger charge is -2.52. The molecule has 2 rings (SSSR count). The van der Waals surface area contributed by atoms with Crippen molar-refractivity contribution in [2.75, 3.05) is 0 Å². The summed E-state index contributed by atoms with van der Waals surface area (Å²) in [6, 6.07) is 0. The maximum atomic E-state index is 13.3. The van der Waals surface area contributed by atoms with Crippen LogP contribution in [0.3, 0.4) is 0 Å². The van der Waals surface area contributed by atoms with E-state index in [-0.39, 0.29) is 39.1 Å². The molecular weight excluding hydrogens is 296 g/mol. The molecule has 2 nitrogen and oxygen atoms in total. The van der Waals surface area contributed by atoms with Gasteiger partial charge in [-0.3, -0.25) is 4.79 Å². The van der Waals surface area contributed by atoms with Crippen LogP contribution < -0.4 is 0 Å². The molecule has 2 aliphatic carbocycles. The van der Waals surface area contributed by atoms with Crippen LogP contribution in [0.4, 0.5) is 0 Å². The molecule has 2 heteroatoms. The molecule has 0 amide bonds. The van der Waals surface area contributed by atoms with Gasteiger partial charge in [0.1, 0.15) is 5.60 Å². The van der Waals surface area contributed by atoms with Crippen LogP contribution in [-0.4, -0.2) is 11.6 Å². The second kappa shape index (κ2) is 5.48. The average Bonchev–Trinajstić information content (AvgIpc) is 2.82. The third-order valence-electron chi connectivity index (χ3n) is 7.59. The van der Waals surface area contributed by atoms with Crippen molar-refractivity contribution >= 4 is 5.97 Å². The number of carbonyl (C=O) groups excluding carboxylic acids is 1. The van der Waals surface area contributed by atoms with E-state index in [0.29, 0.717) is 5.92 Å². The zero-order chi connectivity index (χ0) is 18.8. The number of fused-ring (bicyclic) bond motifs is 2. The normalized spacial score (nSPS) is 36.7. The topological polar surface area (TPSA) is 26.3 Å². The van der Waals surface area contributed by atoms with Gasteiger partial charge in [0.2, 0.25) is 0 Å². The molecule has 140 valence electrons. The fourth-order valence-corrected chi connectivity index (χ4v) is 5.34. The minimum absolute atomic E-state index is 0.0155. The zero-order valence-corrected chi connectivity index (χ0v) is 17.8. The second-order valence-corrected chi connectivity index (χ2v) is 11.9. The Kier molecular flexibility index (Phi) is 4.52. The van der Waals surface area contributed by atoms with Crippen LogP contribution in [0.25, 0.3) is 0 Å². The Morgan fingerprint density at radius 3 is 2.00 bits per heavy atom. The molecule has 2 aliphatic rings. The summed E-state index contributed by atoms with van der Waals surface area (Å²) in [6.45, 7) is 22.3. The van der Waals surface area contributed by atoms with Gasteiger partial charge in [0.25, 0.3) is 0 Å². The Hall–Kier alpha value is -0.530. The number of rotatable bonds is 3. The maximum Gasteiger partial charge on any atom is 0.310 e. The summed E-state index contributed by atoms with van der Waals surface area (Å²) in [4.78, 5) is 13.3. The first kappa shape index (κ1) is 19.8. The molecule has 0 radical (unpaired) electrons. The SMILES string of the molecule is CC(C)(C)CC(C(=O)OC1(C)C2(C)CCC(C2)C1(C)C)C(C)(C)C. The van der Waals surface area contributed by atoms with Crippen molar-refractivity contribution in [3.63, 3.8) is 0 Å². The van der Waals surface area contributed by atoms with Crippen molar-refractivity contribution < 1.29 is 9.53 Å².